The Morgan fingerprint density at radius 1 is 0.897 bits per heavy atom. The molecule has 7 heteroatoms. The van der Waals surface area contributed by atoms with Crippen molar-refractivity contribution in [3.05, 3.63) is 99.7 Å². The number of hydrogen-bond acceptors (Lipinski definition) is 3. The van der Waals surface area contributed by atoms with Crippen molar-refractivity contribution in [1.82, 2.24) is 5.32 Å². The van der Waals surface area contributed by atoms with Crippen molar-refractivity contribution < 1.29 is 14.7 Å². The van der Waals surface area contributed by atoms with E-state index < -0.39 is 11.8 Å². The predicted molar refractivity (Wildman–Crippen MR) is 115 cm³/mol. The first-order chi connectivity index (χ1) is 13.9. The Hall–Kier alpha value is -3.28. The predicted octanol–water partition coefficient (Wildman–Crippen LogP) is 5.11. The third-order valence-corrected chi connectivity index (χ3v) is 4.45. The molecule has 3 aromatic carbocycles. The number of nitrogens with one attached hydrogen (secondary N) is 2. The van der Waals surface area contributed by atoms with Gasteiger partial charge in [0, 0.05) is 10.7 Å². The van der Waals surface area contributed by atoms with Crippen molar-refractivity contribution in [1.29, 1.82) is 0 Å². The van der Waals surface area contributed by atoms with Gasteiger partial charge in [-0.25, -0.2) is 0 Å². The lowest BCUT2D eigenvalue weighted by Crippen LogP contribution is -2.30. The molecule has 0 spiro atoms. The van der Waals surface area contributed by atoms with Crippen molar-refractivity contribution in [3.8, 4) is 5.75 Å². The van der Waals surface area contributed by atoms with E-state index in [0.717, 1.165) is 0 Å². The van der Waals surface area contributed by atoms with E-state index in [1.165, 1.54) is 36.4 Å². The summed E-state index contributed by atoms with van der Waals surface area (Å²) in [6.45, 7) is 0. The van der Waals surface area contributed by atoms with Crippen LogP contribution in [0.2, 0.25) is 10.0 Å². The Kier molecular flexibility index (Phi) is 6.54. The van der Waals surface area contributed by atoms with E-state index in [2.05, 4.69) is 10.6 Å². The maximum Gasteiger partial charge on any atom is 0.272 e. The standard InChI is InChI=1S/C22H16Cl2N2O3/c23-15-8-11-18(19(24)13-15)21(28)26-20(12-14-6-9-17(27)10-7-14)22(29)25-16-4-2-1-3-5-16/h1-13,27H,(H,25,29)(H,26,28)/b20-12+. The number of phenolic OH excluding ortho intramolecular Hbond substituents is 1. The lowest BCUT2D eigenvalue weighted by molar-refractivity contribution is -0.113. The van der Waals surface area contributed by atoms with Crippen molar-refractivity contribution >= 4 is 46.8 Å². The quantitative estimate of drug-likeness (QED) is 0.496. The van der Waals surface area contributed by atoms with E-state index in [4.69, 9.17) is 23.2 Å². The molecule has 0 heterocycles. The van der Waals surface area contributed by atoms with Crippen molar-refractivity contribution in [2.45, 2.75) is 0 Å². The smallest absolute Gasteiger partial charge is 0.272 e. The summed E-state index contributed by atoms with van der Waals surface area (Å²) in [6.07, 6.45) is 1.50. The first-order valence-corrected chi connectivity index (χ1v) is 9.31. The lowest BCUT2D eigenvalue weighted by Gasteiger charge is -2.12. The summed E-state index contributed by atoms with van der Waals surface area (Å²) < 4.78 is 0. The number of amides is 2. The second-order valence-electron chi connectivity index (χ2n) is 6.05. The molecule has 0 aliphatic heterocycles. The van der Waals surface area contributed by atoms with Crippen LogP contribution >= 0.6 is 23.2 Å². The highest BCUT2D eigenvalue weighted by molar-refractivity contribution is 6.36. The number of carbonyl (C=O) groups excluding carboxylic acids is 2. The Labute approximate surface area is 177 Å². The van der Waals surface area contributed by atoms with Gasteiger partial charge in [0.15, 0.2) is 0 Å². The molecule has 0 saturated heterocycles. The fourth-order valence-corrected chi connectivity index (χ4v) is 2.97. The Bertz CT molecular complexity index is 1070. The van der Waals surface area contributed by atoms with E-state index >= 15 is 0 Å². The highest BCUT2D eigenvalue weighted by atomic mass is 35.5. The minimum atomic E-state index is -0.556. The zero-order chi connectivity index (χ0) is 20.8. The fraction of sp³-hybridized carbons (Fsp3) is 0. The van der Waals surface area contributed by atoms with Crippen LogP contribution in [0.25, 0.3) is 6.08 Å². The summed E-state index contributed by atoms with van der Waals surface area (Å²) in [6, 6.07) is 19.5. The zero-order valence-corrected chi connectivity index (χ0v) is 16.5. The molecule has 29 heavy (non-hydrogen) atoms. The molecule has 0 fully saturated rings. The number of benzene rings is 3. The van der Waals surface area contributed by atoms with E-state index in [9.17, 15) is 14.7 Å². The number of aromatic hydroxyl groups is 1. The largest absolute Gasteiger partial charge is 0.508 e. The topological polar surface area (TPSA) is 78.4 Å². The number of halogens is 2. The average molecular weight is 427 g/mol. The van der Waals surface area contributed by atoms with Gasteiger partial charge in [-0.05, 0) is 54.1 Å². The molecule has 3 aromatic rings. The zero-order valence-electron chi connectivity index (χ0n) is 15.0. The average Bonchev–Trinajstić information content (AvgIpc) is 2.69. The summed E-state index contributed by atoms with van der Waals surface area (Å²) >= 11 is 12.0. The van der Waals surface area contributed by atoms with Gasteiger partial charge < -0.3 is 15.7 Å². The number of phenols is 1. The van der Waals surface area contributed by atoms with Gasteiger partial charge >= 0.3 is 0 Å². The number of anilines is 1. The van der Waals surface area contributed by atoms with E-state index in [0.29, 0.717) is 16.3 Å². The minimum absolute atomic E-state index is 0.00978. The number of rotatable bonds is 5. The molecule has 0 aliphatic carbocycles. The summed E-state index contributed by atoms with van der Waals surface area (Å²) in [5.41, 5.74) is 1.38. The van der Waals surface area contributed by atoms with Gasteiger partial charge in [0.25, 0.3) is 11.8 Å². The van der Waals surface area contributed by atoms with Gasteiger partial charge in [-0.15, -0.1) is 0 Å². The first kappa shape index (κ1) is 20.5. The van der Waals surface area contributed by atoms with Gasteiger partial charge in [0.1, 0.15) is 11.4 Å². The molecular formula is C22H16Cl2N2O3. The summed E-state index contributed by atoms with van der Waals surface area (Å²) in [5.74, 6) is -0.975. The van der Waals surface area contributed by atoms with Crippen LogP contribution in [0.1, 0.15) is 15.9 Å². The van der Waals surface area contributed by atoms with Gasteiger partial charge in [-0.3, -0.25) is 9.59 Å². The van der Waals surface area contributed by atoms with Crippen LogP contribution in [-0.4, -0.2) is 16.9 Å². The molecule has 146 valence electrons. The molecule has 0 saturated carbocycles. The van der Waals surface area contributed by atoms with Gasteiger partial charge in [-0.2, -0.15) is 0 Å². The molecule has 0 atom stereocenters. The van der Waals surface area contributed by atoms with Crippen molar-refractivity contribution in [2.24, 2.45) is 0 Å². The normalized spacial score (nSPS) is 11.0. The number of carbonyl (C=O) groups is 2. The molecule has 0 radical (unpaired) electrons. The summed E-state index contributed by atoms with van der Waals surface area (Å²) in [5, 5.41) is 15.3. The highest BCUT2D eigenvalue weighted by Gasteiger charge is 2.17. The third kappa shape index (κ3) is 5.60. The number of hydrogen-bond donors (Lipinski definition) is 3. The maximum atomic E-state index is 12.8. The van der Waals surface area contributed by atoms with Crippen LogP contribution in [0.5, 0.6) is 5.75 Å². The lowest BCUT2D eigenvalue weighted by atomic mass is 10.1. The second kappa shape index (κ2) is 9.28. The second-order valence-corrected chi connectivity index (χ2v) is 6.89. The van der Waals surface area contributed by atoms with Crippen LogP contribution in [0.15, 0.2) is 78.5 Å². The van der Waals surface area contributed by atoms with Gasteiger partial charge in [0.2, 0.25) is 0 Å². The van der Waals surface area contributed by atoms with Crippen molar-refractivity contribution in [2.75, 3.05) is 5.32 Å². The Morgan fingerprint density at radius 3 is 2.24 bits per heavy atom. The monoisotopic (exact) mass is 426 g/mol. The van der Waals surface area contributed by atoms with Crippen LogP contribution in [0, 0.1) is 0 Å². The number of para-hydroxylation sites is 1. The van der Waals surface area contributed by atoms with Crippen LogP contribution in [0.3, 0.4) is 0 Å². The van der Waals surface area contributed by atoms with Crippen molar-refractivity contribution in [3.63, 3.8) is 0 Å². The molecule has 0 aliphatic rings. The molecule has 0 bridgehead atoms. The van der Waals surface area contributed by atoms with E-state index in [1.54, 1.807) is 36.4 Å². The molecule has 5 nitrogen and oxygen atoms in total. The molecule has 0 aromatic heterocycles. The third-order valence-electron chi connectivity index (χ3n) is 3.90. The molecule has 3 N–H and O–H groups in total. The van der Waals surface area contributed by atoms with Gasteiger partial charge in [-0.1, -0.05) is 53.5 Å². The maximum absolute atomic E-state index is 12.8. The molecule has 0 unspecified atom stereocenters. The molecule has 3 rings (SSSR count). The Balaban J connectivity index is 1.90. The van der Waals surface area contributed by atoms with Gasteiger partial charge in [0.05, 0.1) is 10.6 Å². The Morgan fingerprint density at radius 2 is 1.59 bits per heavy atom. The minimum Gasteiger partial charge on any atom is -0.508 e. The van der Waals surface area contributed by atoms with Crippen LogP contribution in [-0.2, 0) is 4.79 Å². The van der Waals surface area contributed by atoms with E-state index in [-0.39, 0.29) is 22.0 Å². The fourth-order valence-electron chi connectivity index (χ4n) is 2.48. The summed E-state index contributed by atoms with van der Waals surface area (Å²) in [4.78, 5) is 25.5. The van der Waals surface area contributed by atoms with Crippen LogP contribution in [0.4, 0.5) is 5.69 Å². The highest BCUT2D eigenvalue weighted by Crippen LogP contribution is 2.21. The van der Waals surface area contributed by atoms with Crippen LogP contribution < -0.4 is 10.6 Å². The summed E-state index contributed by atoms with van der Waals surface area (Å²) in [7, 11) is 0. The molecular weight excluding hydrogens is 411 g/mol. The molecule has 2 amide bonds. The SMILES string of the molecule is O=C(Nc1ccccc1)/C(=C\c1ccc(O)cc1)NC(=O)c1ccc(Cl)cc1Cl. The van der Waals surface area contributed by atoms with E-state index in [1.807, 2.05) is 6.07 Å². The first-order valence-electron chi connectivity index (χ1n) is 8.56.